The van der Waals surface area contributed by atoms with Crippen LogP contribution in [0.15, 0.2) is 42.5 Å². The molecule has 2 aromatic carbocycles. The van der Waals surface area contributed by atoms with Crippen molar-refractivity contribution in [2.45, 2.75) is 25.7 Å². The van der Waals surface area contributed by atoms with Crippen LogP contribution >= 0.6 is 11.6 Å². The minimum atomic E-state index is -0.717. The molecule has 21 heavy (non-hydrogen) atoms. The van der Waals surface area contributed by atoms with Crippen molar-refractivity contribution in [2.75, 3.05) is 13.2 Å². The second kappa shape index (κ2) is 6.61. The van der Waals surface area contributed by atoms with Gasteiger partial charge < -0.3 is 10.2 Å². The summed E-state index contributed by atoms with van der Waals surface area (Å²) in [4.78, 5) is 0. The van der Waals surface area contributed by atoms with E-state index in [2.05, 4.69) is 32.0 Å². The number of aliphatic hydroxyl groups is 2. The van der Waals surface area contributed by atoms with Crippen molar-refractivity contribution < 1.29 is 10.2 Å². The maximum absolute atomic E-state index is 9.92. The maximum atomic E-state index is 9.92. The van der Waals surface area contributed by atoms with Gasteiger partial charge in [0.2, 0.25) is 0 Å². The zero-order valence-corrected chi connectivity index (χ0v) is 13.2. The molecule has 0 bridgehead atoms. The van der Waals surface area contributed by atoms with E-state index in [-0.39, 0.29) is 13.2 Å². The summed E-state index contributed by atoms with van der Waals surface area (Å²) in [6, 6.07) is 13.7. The molecule has 0 spiro atoms. The SMILES string of the molecule is Cc1cc(C)cc(CC(CO)(CO)c2cccc(Cl)c2)c1. The van der Waals surface area contributed by atoms with Crippen molar-refractivity contribution in [3.05, 3.63) is 69.7 Å². The summed E-state index contributed by atoms with van der Waals surface area (Å²) in [5.41, 5.74) is 3.61. The van der Waals surface area contributed by atoms with Crippen molar-refractivity contribution in [3.63, 3.8) is 0 Å². The van der Waals surface area contributed by atoms with Crippen LogP contribution in [0.25, 0.3) is 0 Å². The van der Waals surface area contributed by atoms with E-state index in [0.717, 1.165) is 11.1 Å². The number of rotatable bonds is 5. The van der Waals surface area contributed by atoms with Crippen molar-refractivity contribution in [3.8, 4) is 0 Å². The van der Waals surface area contributed by atoms with Gasteiger partial charge in [-0.1, -0.05) is 53.1 Å². The Morgan fingerprint density at radius 1 is 0.952 bits per heavy atom. The summed E-state index contributed by atoms with van der Waals surface area (Å²) in [5.74, 6) is 0. The third-order valence-electron chi connectivity index (χ3n) is 3.87. The first-order valence-electron chi connectivity index (χ1n) is 7.04. The molecule has 3 heteroatoms. The lowest BCUT2D eigenvalue weighted by Crippen LogP contribution is -2.37. The summed E-state index contributed by atoms with van der Waals surface area (Å²) in [6.07, 6.45) is 0.572. The van der Waals surface area contributed by atoms with E-state index in [4.69, 9.17) is 11.6 Å². The number of hydrogen-bond acceptors (Lipinski definition) is 2. The molecule has 0 fully saturated rings. The second-order valence-electron chi connectivity index (χ2n) is 5.78. The first-order chi connectivity index (χ1) is 9.99. The summed E-state index contributed by atoms with van der Waals surface area (Å²) >= 11 is 6.06. The van der Waals surface area contributed by atoms with Crippen LogP contribution in [-0.4, -0.2) is 23.4 Å². The molecule has 2 aromatic rings. The predicted molar refractivity (Wildman–Crippen MR) is 86.9 cm³/mol. The van der Waals surface area contributed by atoms with Gasteiger partial charge in [0.1, 0.15) is 0 Å². The van der Waals surface area contributed by atoms with Gasteiger partial charge in [0, 0.05) is 10.4 Å². The first kappa shape index (κ1) is 16.0. The Labute approximate surface area is 131 Å². The molecule has 0 aliphatic rings. The third-order valence-corrected chi connectivity index (χ3v) is 4.10. The molecule has 112 valence electrons. The molecule has 2 N–H and O–H groups in total. The van der Waals surface area contributed by atoms with E-state index in [1.54, 1.807) is 6.07 Å². The van der Waals surface area contributed by atoms with Gasteiger partial charge in [-0.3, -0.25) is 0 Å². The number of halogens is 1. The Balaban J connectivity index is 2.42. The highest BCUT2D eigenvalue weighted by Crippen LogP contribution is 2.30. The number of hydrogen-bond donors (Lipinski definition) is 2. The Morgan fingerprint density at radius 2 is 1.57 bits per heavy atom. The van der Waals surface area contributed by atoms with Crippen molar-refractivity contribution in [1.82, 2.24) is 0 Å². The average molecular weight is 305 g/mol. The highest BCUT2D eigenvalue weighted by molar-refractivity contribution is 6.30. The van der Waals surface area contributed by atoms with Crippen LogP contribution in [0, 0.1) is 13.8 Å². The molecule has 0 radical (unpaired) electrons. The highest BCUT2D eigenvalue weighted by atomic mass is 35.5. The quantitative estimate of drug-likeness (QED) is 0.888. The average Bonchev–Trinajstić information content (AvgIpc) is 2.44. The Kier molecular flexibility index (Phi) is 5.04. The first-order valence-corrected chi connectivity index (χ1v) is 7.42. The minimum absolute atomic E-state index is 0.128. The Morgan fingerprint density at radius 3 is 2.10 bits per heavy atom. The molecule has 0 saturated carbocycles. The largest absolute Gasteiger partial charge is 0.395 e. The zero-order chi connectivity index (χ0) is 15.5. The van der Waals surface area contributed by atoms with Gasteiger partial charge in [0.05, 0.1) is 13.2 Å². The molecule has 0 aliphatic carbocycles. The number of aliphatic hydroxyl groups excluding tert-OH is 2. The molecule has 0 saturated heterocycles. The highest BCUT2D eigenvalue weighted by Gasteiger charge is 2.31. The Bertz CT molecular complexity index is 598. The van der Waals surface area contributed by atoms with Gasteiger partial charge in [0.25, 0.3) is 0 Å². The van der Waals surface area contributed by atoms with Crippen LogP contribution in [0.4, 0.5) is 0 Å². The van der Waals surface area contributed by atoms with Gasteiger partial charge in [-0.05, 0) is 43.5 Å². The number of aryl methyl sites for hydroxylation is 2. The summed E-state index contributed by atoms with van der Waals surface area (Å²) in [6.45, 7) is 3.85. The van der Waals surface area contributed by atoms with Crippen LogP contribution in [0.1, 0.15) is 22.3 Å². The molecule has 2 rings (SSSR count). The van der Waals surface area contributed by atoms with Gasteiger partial charge >= 0.3 is 0 Å². The van der Waals surface area contributed by atoms with E-state index in [1.165, 1.54) is 11.1 Å². The normalized spacial score (nSPS) is 11.7. The molecule has 0 heterocycles. The maximum Gasteiger partial charge on any atom is 0.0553 e. The van der Waals surface area contributed by atoms with Gasteiger partial charge in [0.15, 0.2) is 0 Å². The van der Waals surface area contributed by atoms with Crippen LogP contribution in [0.3, 0.4) is 0 Å². The van der Waals surface area contributed by atoms with E-state index in [1.807, 2.05) is 18.2 Å². The molecule has 0 aromatic heterocycles. The summed E-state index contributed by atoms with van der Waals surface area (Å²) < 4.78 is 0. The topological polar surface area (TPSA) is 40.5 Å². The van der Waals surface area contributed by atoms with Gasteiger partial charge in [-0.15, -0.1) is 0 Å². The van der Waals surface area contributed by atoms with Gasteiger partial charge in [-0.25, -0.2) is 0 Å². The fourth-order valence-electron chi connectivity index (χ4n) is 2.83. The lowest BCUT2D eigenvalue weighted by molar-refractivity contribution is 0.116. The Hall–Kier alpha value is -1.35. The van der Waals surface area contributed by atoms with Crippen molar-refractivity contribution >= 4 is 11.6 Å². The van der Waals surface area contributed by atoms with Crippen LogP contribution in [0.2, 0.25) is 5.02 Å². The van der Waals surface area contributed by atoms with E-state index in [9.17, 15) is 10.2 Å². The minimum Gasteiger partial charge on any atom is -0.395 e. The van der Waals surface area contributed by atoms with E-state index < -0.39 is 5.41 Å². The van der Waals surface area contributed by atoms with E-state index in [0.29, 0.717) is 11.4 Å². The van der Waals surface area contributed by atoms with Crippen molar-refractivity contribution in [2.24, 2.45) is 0 Å². The van der Waals surface area contributed by atoms with Crippen molar-refractivity contribution in [1.29, 1.82) is 0 Å². The standard InChI is InChI=1S/C18H21ClO2/c1-13-6-14(2)8-15(7-13)10-18(11-20,12-21)16-4-3-5-17(19)9-16/h3-9,20-21H,10-12H2,1-2H3. The van der Waals surface area contributed by atoms with Crippen LogP contribution in [0.5, 0.6) is 0 Å². The molecule has 0 unspecified atom stereocenters. The fraction of sp³-hybridized carbons (Fsp3) is 0.333. The van der Waals surface area contributed by atoms with E-state index >= 15 is 0 Å². The predicted octanol–water partition coefficient (Wildman–Crippen LogP) is 3.42. The lowest BCUT2D eigenvalue weighted by Gasteiger charge is -2.31. The summed E-state index contributed by atoms with van der Waals surface area (Å²) in [7, 11) is 0. The molecular formula is C18H21ClO2. The van der Waals surface area contributed by atoms with Crippen LogP contribution < -0.4 is 0 Å². The number of benzene rings is 2. The van der Waals surface area contributed by atoms with Gasteiger partial charge in [-0.2, -0.15) is 0 Å². The summed E-state index contributed by atoms with van der Waals surface area (Å²) in [5, 5.41) is 20.4. The zero-order valence-electron chi connectivity index (χ0n) is 12.4. The fourth-order valence-corrected chi connectivity index (χ4v) is 3.02. The smallest absolute Gasteiger partial charge is 0.0553 e. The molecule has 0 aliphatic heterocycles. The molecule has 0 atom stereocenters. The van der Waals surface area contributed by atoms with Crippen LogP contribution in [-0.2, 0) is 11.8 Å². The molecule has 0 amide bonds. The monoisotopic (exact) mass is 304 g/mol. The second-order valence-corrected chi connectivity index (χ2v) is 6.22. The lowest BCUT2D eigenvalue weighted by atomic mass is 9.76. The third kappa shape index (κ3) is 3.65. The molecule has 2 nitrogen and oxygen atoms in total. The molecular weight excluding hydrogens is 284 g/mol.